The van der Waals surface area contributed by atoms with Crippen LogP contribution >= 0.6 is 15.9 Å². The number of hydrogen-bond acceptors (Lipinski definition) is 3. The number of nitrogens with zero attached hydrogens (tertiary/aromatic N) is 3. The largest absolute Gasteiger partial charge is 0.417 e. The molecule has 0 aliphatic carbocycles. The predicted molar refractivity (Wildman–Crippen MR) is 107 cm³/mol. The summed E-state index contributed by atoms with van der Waals surface area (Å²) in [6.45, 7) is 5.40. The van der Waals surface area contributed by atoms with E-state index >= 15 is 0 Å². The zero-order chi connectivity index (χ0) is 21.3. The molecular formula is C20H18BrF3N4O. The van der Waals surface area contributed by atoms with Crippen LogP contribution in [0.2, 0.25) is 0 Å². The number of amides is 1. The highest BCUT2D eigenvalue weighted by Gasteiger charge is 2.30. The molecule has 152 valence electrons. The molecule has 0 saturated carbocycles. The maximum Gasteiger partial charge on any atom is 0.417 e. The van der Waals surface area contributed by atoms with Gasteiger partial charge in [-0.25, -0.2) is 9.67 Å². The number of aryl methyl sites for hydroxylation is 2. The van der Waals surface area contributed by atoms with Gasteiger partial charge in [0.15, 0.2) is 5.82 Å². The van der Waals surface area contributed by atoms with Gasteiger partial charge in [-0.15, -0.1) is 0 Å². The Kier molecular flexibility index (Phi) is 5.79. The Morgan fingerprint density at radius 2 is 1.90 bits per heavy atom. The monoisotopic (exact) mass is 466 g/mol. The smallest absolute Gasteiger partial charge is 0.326 e. The van der Waals surface area contributed by atoms with E-state index in [0.29, 0.717) is 22.6 Å². The summed E-state index contributed by atoms with van der Waals surface area (Å²) >= 11 is 3.38. The molecule has 0 spiro atoms. The Hall–Kier alpha value is -2.68. The van der Waals surface area contributed by atoms with Gasteiger partial charge in [-0.2, -0.15) is 18.3 Å². The van der Waals surface area contributed by atoms with Crippen molar-refractivity contribution < 1.29 is 18.0 Å². The molecular weight excluding hydrogens is 449 g/mol. The third-order valence-corrected chi connectivity index (χ3v) is 5.03. The van der Waals surface area contributed by atoms with Crippen LogP contribution in [-0.4, -0.2) is 20.7 Å². The zero-order valence-electron chi connectivity index (χ0n) is 15.9. The van der Waals surface area contributed by atoms with Crippen molar-refractivity contribution >= 4 is 27.5 Å². The van der Waals surface area contributed by atoms with Gasteiger partial charge in [-0.3, -0.25) is 4.79 Å². The Labute approximate surface area is 174 Å². The van der Waals surface area contributed by atoms with Gasteiger partial charge in [0, 0.05) is 27.6 Å². The fourth-order valence-corrected chi connectivity index (χ4v) is 3.43. The van der Waals surface area contributed by atoms with Crippen LogP contribution in [0.1, 0.15) is 28.1 Å². The number of alkyl halides is 3. The molecule has 0 atom stereocenters. The Balaban J connectivity index is 1.81. The topological polar surface area (TPSA) is 59.8 Å². The van der Waals surface area contributed by atoms with E-state index in [-0.39, 0.29) is 18.1 Å². The minimum atomic E-state index is -4.45. The van der Waals surface area contributed by atoms with E-state index < -0.39 is 11.7 Å². The highest BCUT2D eigenvalue weighted by atomic mass is 79.9. The van der Waals surface area contributed by atoms with E-state index in [0.717, 1.165) is 22.3 Å². The van der Waals surface area contributed by atoms with Crippen LogP contribution < -0.4 is 5.32 Å². The number of nitrogens with one attached hydrogen (secondary N) is 1. The Morgan fingerprint density at radius 1 is 1.17 bits per heavy atom. The number of carbonyl (C=O) groups excluding carboxylic acids is 1. The minimum Gasteiger partial charge on any atom is -0.326 e. The second-order valence-corrected chi connectivity index (χ2v) is 7.56. The van der Waals surface area contributed by atoms with E-state index in [4.69, 9.17) is 0 Å². The highest BCUT2D eigenvalue weighted by Crippen LogP contribution is 2.29. The van der Waals surface area contributed by atoms with Gasteiger partial charge in [0.1, 0.15) is 0 Å². The van der Waals surface area contributed by atoms with Crippen LogP contribution in [-0.2, 0) is 17.4 Å². The number of halogens is 4. The lowest BCUT2D eigenvalue weighted by Crippen LogP contribution is -2.16. The fraction of sp³-hybridized carbons (Fsp3) is 0.250. The van der Waals surface area contributed by atoms with Gasteiger partial charge in [-0.05, 0) is 56.7 Å². The number of rotatable bonds is 4. The minimum absolute atomic E-state index is 0.0911. The molecule has 3 aromatic rings. The first-order valence-corrected chi connectivity index (χ1v) is 9.50. The van der Waals surface area contributed by atoms with Crippen LogP contribution in [0, 0.1) is 20.8 Å². The number of carbonyl (C=O) groups is 1. The maximum atomic E-state index is 12.7. The Bertz CT molecular complexity index is 1060. The molecule has 0 aliphatic rings. The summed E-state index contributed by atoms with van der Waals surface area (Å²) in [4.78, 5) is 16.4. The van der Waals surface area contributed by atoms with Gasteiger partial charge in [0.05, 0.1) is 17.7 Å². The molecule has 29 heavy (non-hydrogen) atoms. The number of anilines is 1. The highest BCUT2D eigenvalue weighted by molar-refractivity contribution is 9.10. The molecule has 0 radical (unpaired) electrons. The molecule has 2 heterocycles. The van der Waals surface area contributed by atoms with Crippen LogP contribution in [0.4, 0.5) is 18.9 Å². The van der Waals surface area contributed by atoms with Crippen LogP contribution in [0.15, 0.2) is 41.0 Å². The van der Waals surface area contributed by atoms with E-state index in [1.165, 1.54) is 10.7 Å². The maximum absolute atomic E-state index is 12.7. The standard InChI is InChI=1S/C20H18BrF3N4O/c1-11-8-15(21)5-6-17(11)26-19(29)9-16-12(2)27-28(13(16)3)18-7-4-14(10-25-18)20(22,23)24/h4-8,10H,9H2,1-3H3,(H,26,29). The van der Waals surface area contributed by atoms with E-state index in [1.807, 2.05) is 25.1 Å². The van der Waals surface area contributed by atoms with Crippen molar-refractivity contribution in [3.05, 3.63) is 69.1 Å². The van der Waals surface area contributed by atoms with Crippen LogP contribution in [0.5, 0.6) is 0 Å². The molecule has 1 amide bonds. The lowest BCUT2D eigenvalue weighted by Gasteiger charge is -2.10. The lowest BCUT2D eigenvalue weighted by atomic mass is 10.1. The Morgan fingerprint density at radius 3 is 2.48 bits per heavy atom. The van der Waals surface area contributed by atoms with Gasteiger partial charge >= 0.3 is 6.18 Å². The zero-order valence-corrected chi connectivity index (χ0v) is 17.5. The molecule has 5 nitrogen and oxygen atoms in total. The van der Waals surface area contributed by atoms with Gasteiger partial charge in [-0.1, -0.05) is 15.9 Å². The quantitative estimate of drug-likeness (QED) is 0.577. The number of aromatic nitrogens is 3. The van der Waals surface area contributed by atoms with E-state index in [9.17, 15) is 18.0 Å². The van der Waals surface area contributed by atoms with Crippen molar-refractivity contribution in [2.75, 3.05) is 5.32 Å². The average molecular weight is 467 g/mol. The summed E-state index contributed by atoms with van der Waals surface area (Å²) in [5.74, 6) is 0.0514. The molecule has 0 fully saturated rings. The lowest BCUT2D eigenvalue weighted by molar-refractivity contribution is -0.137. The van der Waals surface area contributed by atoms with Gasteiger partial charge in [0.25, 0.3) is 0 Å². The van der Waals surface area contributed by atoms with Crippen molar-refractivity contribution in [3.63, 3.8) is 0 Å². The number of pyridine rings is 1. The normalized spacial score (nSPS) is 11.6. The van der Waals surface area contributed by atoms with E-state index in [2.05, 4.69) is 31.3 Å². The second-order valence-electron chi connectivity index (χ2n) is 6.65. The van der Waals surface area contributed by atoms with Gasteiger partial charge < -0.3 is 5.32 Å². The van der Waals surface area contributed by atoms with Crippen molar-refractivity contribution in [2.45, 2.75) is 33.4 Å². The SMILES string of the molecule is Cc1cc(Br)ccc1NC(=O)Cc1c(C)nn(-c2ccc(C(F)(F)F)cn2)c1C. The van der Waals surface area contributed by atoms with Crippen molar-refractivity contribution in [2.24, 2.45) is 0 Å². The molecule has 2 aromatic heterocycles. The first-order chi connectivity index (χ1) is 13.6. The summed E-state index contributed by atoms with van der Waals surface area (Å²) in [5.41, 5.74) is 2.78. The van der Waals surface area contributed by atoms with Crippen molar-refractivity contribution in [1.29, 1.82) is 0 Å². The predicted octanol–water partition coefficient (Wildman–Crippen LogP) is 5.16. The second kappa shape index (κ2) is 7.98. The summed E-state index contributed by atoms with van der Waals surface area (Å²) in [7, 11) is 0. The van der Waals surface area contributed by atoms with Crippen molar-refractivity contribution in [3.8, 4) is 5.82 Å². The summed E-state index contributed by atoms with van der Waals surface area (Å²) in [5, 5.41) is 7.22. The third kappa shape index (κ3) is 4.67. The molecule has 0 bridgehead atoms. The molecule has 0 unspecified atom stereocenters. The first kappa shape index (κ1) is 21.0. The first-order valence-electron chi connectivity index (χ1n) is 8.71. The molecule has 9 heteroatoms. The average Bonchev–Trinajstić information content (AvgIpc) is 2.92. The fourth-order valence-electron chi connectivity index (χ4n) is 2.96. The van der Waals surface area contributed by atoms with Crippen LogP contribution in [0.25, 0.3) is 5.82 Å². The molecule has 0 aliphatic heterocycles. The van der Waals surface area contributed by atoms with Crippen LogP contribution in [0.3, 0.4) is 0 Å². The summed E-state index contributed by atoms with van der Waals surface area (Å²) in [6, 6.07) is 7.78. The molecule has 0 saturated heterocycles. The number of hydrogen-bond donors (Lipinski definition) is 1. The summed E-state index contributed by atoms with van der Waals surface area (Å²) in [6.07, 6.45) is -3.59. The van der Waals surface area contributed by atoms with E-state index in [1.54, 1.807) is 13.8 Å². The number of benzene rings is 1. The van der Waals surface area contributed by atoms with Crippen molar-refractivity contribution in [1.82, 2.24) is 14.8 Å². The molecule has 3 rings (SSSR count). The third-order valence-electron chi connectivity index (χ3n) is 4.53. The summed E-state index contributed by atoms with van der Waals surface area (Å²) < 4.78 is 40.6. The molecule has 1 aromatic carbocycles. The molecule has 1 N–H and O–H groups in total. The van der Waals surface area contributed by atoms with Gasteiger partial charge in [0.2, 0.25) is 5.91 Å².